The highest BCUT2D eigenvalue weighted by atomic mass is 16.4. The predicted octanol–water partition coefficient (Wildman–Crippen LogP) is 3.49. The molecule has 0 bridgehead atoms. The van der Waals surface area contributed by atoms with E-state index in [4.69, 9.17) is 9.52 Å². The van der Waals surface area contributed by atoms with Crippen molar-refractivity contribution < 1.29 is 14.3 Å². The molecule has 0 aliphatic heterocycles. The van der Waals surface area contributed by atoms with Crippen LogP contribution in [0.15, 0.2) is 28.7 Å². The largest absolute Gasteiger partial charge is 0.481 e. The first-order chi connectivity index (χ1) is 7.88. The molecule has 2 aromatic rings. The van der Waals surface area contributed by atoms with Gasteiger partial charge in [-0.25, -0.2) is 0 Å². The number of fused-ring (bicyclic) bond motifs is 1. The minimum atomic E-state index is -0.779. The minimum Gasteiger partial charge on any atom is -0.481 e. The molecule has 0 aliphatic rings. The smallest absolute Gasteiger partial charge is 0.304 e. The lowest BCUT2D eigenvalue weighted by Crippen LogP contribution is -2.21. The molecule has 1 N–H and O–H groups in total. The number of carboxylic acid groups (broad SMARTS) is 1. The number of aryl methyl sites for hydroxylation is 1. The first-order valence-electron chi connectivity index (χ1n) is 5.61. The summed E-state index contributed by atoms with van der Waals surface area (Å²) in [4.78, 5) is 10.8. The van der Waals surface area contributed by atoms with Gasteiger partial charge in [0, 0.05) is 10.8 Å². The highest BCUT2D eigenvalue weighted by Gasteiger charge is 2.24. The van der Waals surface area contributed by atoms with Crippen LogP contribution in [0.5, 0.6) is 0 Å². The molecule has 0 saturated carbocycles. The van der Waals surface area contributed by atoms with Crippen LogP contribution in [0, 0.1) is 6.92 Å². The Kier molecular flexibility index (Phi) is 2.69. The Hall–Kier alpha value is -1.77. The maximum Gasteiger partial charge on any atom is 0.304 e. The standard InChI is InChI=1S/C14H16O3/c1-9-6-10-7-11(4-5-12(10)17-9)14(2,3)8-13(15)16/h4-7H,8H2,1-3H3,(H,15,16). The maximum absolute atomic E-state index is 10.8. The quantitative estimate of drug-likeness (QED) is 0.881. The first kappa shape index (κ1) is 11.7. The van der Waals surface area contributed by atoms with Crippen molar-refractivity contribution in [1.29, 1.82) is 0 Å². The van der Waals surface area contributed by atoms with Gasteiger partial charge < -0.3 is 9.52 Å². The molecule has 17 heavy (non-hydrogen) atoms. The van der Waals surface area contributed by atoms with Gasteiger partial charge in [-0.3, -0.25) is 4.79 Å². The topological polar surface area (TPSA) is 50.4 Å². The van der Waals surface area contributed by atoms with E-state index in [0.29, 0.717) is 0 Å². The Morgan fingerprint density at radius 3 is 2.71 bits per heavy atom. The van der Waals surface area contributed by atoms with Crippen molar-refractivity contribution in [2.45, 2.75) is 32.6 Å². The SMILES string of the molecule is Cc1cc2cc(C(C)(C)CC(=O)O)ccc2o1. The molecule has 0 unspecified atom stereocenters. The number of carboxylic acids is 1. The normalized spacial score (nSPS) is 11.9. The van der Waals surface area contributed by atoms with Crippen LogP contribution in [-0.2, 0) is 10.2 Å². The summed E-state index contributed by atoms with van der Waals surface area (Å²) < 4.78 is 5.50. The van der Waals surface area contributed by atoms with Gasteiger partial charge in [0.1, 0.15) is 11.3 Å². The summed E-state index contributed by atoms with van der Waals surface area (Å²) in [6, 6.07) is 7.82. The molecule has 0 aliphatic carbocycles. The molecule has 0 saturated heterocycles. The monoisotopic (exact) mass is 232 g/mol. The molecule has 1 aromatic carbocycles. The van der Waals surface area contributed by atoms with Crippen LogP contribution in [0.3, 0.4) is 0 Å². The number of furan rings is 1. The third kappa shape index (κ3) is 2.33. The second-order valence-electron chi connectivity index (χ2n) is 5.06. The van der Waals surface area contributed by atoms with Crippen molar-refractivity contribution in [1.82, 2.24) is 0 Å². The van der Waals surface area contributed by atoms with E-state index in [9.17, 15) is 4.79 Å². The number of carbonyl (C=O) groups is 1. The first-order valence-corrected chi connectivity index (χ1v) is 5.61. The minimum absolute atomic E-state index is 0.120. The second kappa shape index (κ2) is 3.91. The lowest BCUT2D eigenvalue weighted by atomic mass is 9.81. The van der Waals surface area contributed by atoms with E-state index in [0.717, 1.165) is 22.3 Å². The Morgan fingerprint density at radius 2 is 2.06 bits per heavy atom. The number of aliphatic carboxylic acids is 1. The van der Waals surface area contributed by atoms with E-state index in [1.54, 1.807) is 0 Å². The summed E-state index contributed by atoms with van der Waals surface area (Å²) in [6.45, 7) is 5.78. The summed E-state index contributed by atoms with van der Waals surface area (Å²) in [7, 11) is 0. The van der Waals surface area contributed by atoms with Gasteiger partial charge in [-0.05, 0) is 30.7 Å². The molecule has 1 heterocycles. The predicted molar refractivity (Wildman–Crippen MR) is 66.2 cm³/mol. The van der Waals surface area contributed by atoms with E-state index >= 15 is 0 Å². The van der Waals surface area contributed by atoms with Crippen LogP contribution in [0.4, 0.5) is 0 Å². The van der Waals surface area contributed by atoms with Gasteiger partial charge >= 0.3 is 5.97 Å². The molecule has 2 rings (SSSR count). The summed E-state index contributed by atoms with van der Waals surface area (Å²) in [6.07, 6.45) is 0.120. The summed E-state index contributed by atoms with van der Waals surface area (Å²) >= 11 is 0. The maximum atomic E-state index is 10.8. The van der Waals surface area contributed by atoms with Crippen molar-refractivity contribution >= 4 is 16.9 Å². The van der Waals surface area contributed by atoms with Crippen LogP contribution >= 0.6 is 0 Å². The van der Waals surface area contributed by atoms with Crippen molar-refractivity contribution in [3.63, 3.8) is 0 Å². The van der Waals surface area contributed by atoms with E-state index in [-0.39, 0.29) is 11.8 Å². The zero-order chi connectivity index (χ0) is 12.6. The van der Waals surface area contributed by atoms with Crippen LogP contribution in [-0.4, -0.2) is 11.1 Å². The lowest BCUT2D eigenvalue weighted by Gasteiger charge is -2.22. The summed E-state index contributed by atoms with van der Waals surface area (Å²) in [5.74, 6) is 0.0895. The average molecular weight is 232 g/mol. The third-order valence-electron chi connectivity index (χ3n) is 3.01. The van der Waals surface area contributed by atoms with Gasteiger partial charge in [0.2, 0.25) is 0 Å². The number of rotatable bonds is 3. The van der Waals surface area contributed by atoms with E-state index in [2.05, 4.69) is 0 Å². The van der Waals surface area contributed by atoms with Crippen molar-refractivity contribution in [2.75, 3.05) is 0 Å². The Bertz CT molecular complexity index is 564. The summed E-state index contributed by atoms with van der Waals surface area (Å²) in [5.41, 5.74) is 1.50. The van der Waals surface area contributed by atoms with Crippen LogP contribution in [0.2, 0.25) is 0 Å². The molecule has 3 nitrogen and oxygen atoms in total. The molecule has 0 fully saturated rings. The van der Waals surface area contributed by atoms with Gasteiger partial charge in [0.15, 0.2) is 0 Å². The molecule has 0 atom stereocenters. The van der Waals surface area contributed by atoms with Crippen LogP contribution in [0.25, 0.3) is 11.0 Å². The average Bonchev–Trinajstić information content (AvgIpc) is 2.54. The van der Waals surface area contributed by atoms with Crippen LogP contribution in [0.1, 0.15) is 31.6 Å². The zero-order valence-electron chi connectivity index (χ0n) is 10.3. The number of benzene rings is 1. The molecule has 0 radical (unpaired) electrons. The molecular weight excluding hydrogens is 216 g/mol. The summed E-state index contributed by atoms with van der Waals surface area (Å²) in [5, 5.41) is 9.94. The molecule has 0 amide bonds. The lowest BCUT2D eigenvalue weighted by molar-refractivity contribution is -0.138. The van der Waals surface area contributed by atoms with Crippen molar-refractivity contribution in [2.24, 2.45) is 0 Å². The van der Waals surface area contributed by atoms with Gasteiger partial charge in [-0.1, -0.05) is 19.9 Å². The molecular formula is C14H16O3. The zero-order valence-corrected chi connectivity index (χ0v) is 10.3. The van der Waals surface area contributed by atoms with Crippen LogP contribution < -0.4 is 0 Å². The number of hydrogen-bond acceptors (Lipinski definition) is 2. The van der Waals surface area contributed by atoms with Crippen molar-refractivity contribution in [3.05, 3.63) is 35.6 Å². The van der Waals surface area contributed by atoms with Gasteiger partial charge in [-0.15, -0.1) is 0 Å². The molecule has 1 aromatic heterocycles. The second-order valence-corrected chi connectivity index (χ2v) is 5.06. The molecule has 0 spiro atoms. The highest BCUT2D eigenvalue weighted by Crippen LogP contribution is 2.30. The van der Waals surface area contributed by atoms with Gasteiger partial charge in [0.25, 0.3) is 0 Å². The number of hydrogen-bond donors (Lipinski definition) is 1. The van der Waals surface area contributed by atoms with E-state index in [1.807, 2.05) is 45.0 Å². The fourth-order valence-corrected chi connectivity index (χ4v) is 2.08. The Labute approximate surface area is 100 Å². The third-order valence-corrected chi connectivity index (χ3v) is 3.01. The Morgan fingerprint density at radius 1 is 1.35 bits per heavy atom. The van der Waals surface area contributed by atoms with Crippen molar-refractivity contribution in [3.8, 4) is 0 Å². The van der Waals surface area contributed by atoms with Gasteiger partial charge in [-0.2, -0.15) is 0 Å². The van der Waals surface area contributed by atoms with Gasteiger partial charge in [0.05, 0.1) is 6.42 Å². The fraction of sp³-hybridized carbons (Fsp3) is 0.357. The van der Waals surface area contributed by atoms with E-state index < -0.39 is 5.97 Å². The molecule has 3 heteroatoms. The fourth-order valence-electron chi connectivity index (χ4n) is 2.08. The highest BCUT2D eigenvalue weighted by molar-refractivity contribution is 5.79. The Balaban J connectivity index is 2.44. The molecule has 90 valence electrons. The van der Waals surface area contributed by atoms with E-state index in [1.165, 1.54) is 0 Å².